The molecule has 1 N–H and O–H groups in total. The Morgan fingerprint density at radius 2 is 2.00 bits per heavy atom. The van der Waals surface area contributed by atoms with Gasteiger partial charge in [0.1, 0.15) is 5.60 Å². The number of nitrogens with one attached hydrogen (secondary N) is 1. The normalized spacial score (nSPS) is 22.4. The number of carbonyl (C=O) groups is 1. The van der Waals surface area contributed by atoms with Crippen LogP contribution in [0.4, 0.5) is 4.79 Å². The molecule has 1 aromatic carbocycles. The molecule has 1 unspecified atom stereocenters. The lowest BCUT2D eigenvalue weighted by molar-refractivity contribution is 0.0521. The Hall–Kier alpha value is -1.51. The van der Waals surface area contributed by atoms with Gasteiger partial charge < -0.3 is 10.1 Å². The fraction of sp³-hybridized carbons (Fsp3) is 0.533. The average molecular weight is 247 g/mol. The SMILES string of the molecule is CC(C)(C)OC(=O)N[C@H]1CC1Cc1ccccc1. The second kappa shape index (κ2) is 5.01. The van der Waals surface area contributed by atoms with E-state index in [1.807, 2.05) is 39.0 Å². The van der Waals surface area contributed by atoms with E-state index in [0.29, 0.717) is 5.92 Å². The maximum Gasteiger partial charge on any atom is 0.407 e. The lowest BCUT2D eigenvalue weighted by Gasteiger charge is -2.19. The van der Waals surface area contributed by atoms with E-state index in [9.17, 15) is 4.79 Å². The van der Waals surface area contributed by atoms with Crippen molar-refractivity contribution in [1.29, 1.82) is 0 Å². The number of amides is 1. The second-order valence-corrected chi connectivity index (χ2v) is 5.94. The predicted molar refractivity (Wildman–Crippen MR) is 71.4 cm³/mol. The molecule has 0 heterocycles. The molecule has 2 atom stereocenters. The zero-order valence-electron chi connectivity index (χ0n) is 11.3. The van der Waals surface area contributed by atoms with Crippen LogP contribution in [-0.4, -0.2) is 17.7 Å². The predicted octanol–water partition coefficient (Wildman–Crippen LogP) is 3.14. The number of carbonyl (C=O) groups excluding carboxylic acids is 1. The molecule has 98 valence electrons. The van der Waals surface area contributed by atoms with Gasteiger partial charge in [-0.15, -0.1) is 0 Å². The minimum Gasteiger partial charge on any atom is -0.444 e. The average Bonchev–Trinajstić information content (AvgIpc) is 2.94. The van der Waals surface area contributed by atoms with Crippen LogP contribution in [0.3, 0.4) is 0 Å². The highest BCUT2D eigenvalue weighted by molar-refractivity contribution is 5.68. The van der Waals surface area contributed by atoms with Crippen LogP contribution >= 0.6 is 0 Å². The molecule has 18 heavy (non-hydrogen) atoms. The quantitative estimate of drug-likeness (QED) is 0.891. The molecule has 1 saturated carbocycles. The van der Waals surface area contributed by atoms with Crippen molar-refractivity contribution in [2.24, 2.45) is 5.92 Å². The maximum atomic E-state index is 11.6. The van der Waals surface area contributed by atoms with Crippen molar-refractivity contribution in [1.82, 2.24) is 5.32 Å². The van der Waals surface area contributed by atoms with Crippen molar-refractivity contribution in [3.05, 3.63) is 35.9 Å². The van der Waals surface area contributed by atoms with E-state index in [1.54, 1.807) is 0 Å². The van der Waals surface area contributed by atoms with Crippen LogP contribution in [0.2, 0.25) is 0 Å². The maximum absolute atomic E-state index is 11.6. The molecular weight excluding hydrogens is 226 g/mol. The van der Waals surface area contributed by atoms with Gasteiger partial charge in [-0.2, -0.15) is 0 Å². The molecule has 0 radical (unpaired) electrons. The van der Waals surface area contributed by atoms with Gasteiger partial charge in [-0.25, -0.2) is 4.79 Å². The van der Waals surface area contributed by atoms with E-state index < -0.39 is 5.60 Å². The molecule has 3 heteroatoms. The summed E-state index contributed by atoms with van der Waals surface area (Å²) in [4.78, 5) is 11.6. The third kappa shape index (κ3) is 4.06. The molecule has 0 spiro atoms. The number of benzene rings is 1. The summed E-state index contributed by atoms with van der Waals surface area (Å²) in [6.45, 7) is 5.63. The molecule has 2 rings (SSSR count). The summed E-state index contributed by atoms with van der Waals surface area (Å²) in [7, 11) is 0. The highest BCUT2D eigenvalue weighted by Gasteiger charge is 2.38. The van der Waals surface area contributed by atoms with Gasteiger partial charge >= 0.3 is 6.09 Å². The van der Waals surface area contributed by atoms with Gasteiger partial charge in [0.25, 0.3) is 0 Å². The van der Waals surface area contributed by atoms with Gasteiger partial charge in [-0.3, -0.25) is 0 Å². The zero-order chi connectivity index (χ0) is 13.2. The number of hydrogen-bond acceptors (Lipinski definition) is 2. The molecule has 1 amide bonds. The molecule has 0 aromatic heterocycles. The van der Waals surface area contributed by atoms with Gasteiger partial charge in [-0.1, -0.05) is 30.3 Å². The topological polar surface area (TPSA) is 38.3 Å². The Bertz CT molecular complexity index is 408. The summed E-state index contributed by atoms with van der Waals surface area (Å²) in [5.74, 6) is 0.555. The van der Waals surface area contributed by atoms with Crippen LogP contribution in [0, 0.1) is 5.92 Å². The molecular formula is C15H21NO2. The van der Waals surface area contributed by atoms with Crippen molar-refractivity contribution < 1.29 is 9.53 Å². The van der Waals surface area contributed by atoms with Crippen molar-refractivity contribution in [3.63, 3.8) is 0 Å². The van der Waals surface area contributed by atoms with Crippen molar-refractivity contribution in [2.45, 2.75) is 45.3 Å². The highest BCUT2D eigenvalue weighted by atomic mass is 16.6. The van der Waals surface area contributed by atoms with Crippen LogP contribution < -0.4 is 5.32 Å². The first-order valence-corrected chi connectivity index (χ1v) is 6.47. The molecule has 1 aliphatic rings. The van der Waals surface area contributed by atoms with Crippen LogP contribution in [0.1, 0.15) is 32.8 Å². The summed E-state index contributed by atoms with van der Waals surface area (Å²) in [5, 5.41) is 2.92. The molecule has 0 bridgehead atoms. The van der Waals surface area contributed by atoms with E-state index in [1.165, 1.54) is 5.56 Å². The number of ether oxygens (including phenoxy) is 1. The van der Waals surface area contributed by atoms with E-state index in [2.05, 4.69) is 17.4 Å². The van der Waals surface area contributed by atoms with Gasteiger partial charge in [0, 0.05) is 6.04 Å². The summed E-state index contributed by atoms with van der Waals surface area (Å²) in [6.07, 6.45) is 1.78. The largest absolute Gasteiger partial charge is 0.444 e. The first-order chi connectivity index (χ1) is 8.44. The Balaban J connectivity index is 1.74. The lowest BCUT2D eigenvalue weighted by Crippen LogP contribution is -2.34. The first kappa shape index (κ1) is 12.9. The Labute approximate surface area is 109 Å². The first-order valence-electron chi connectivity index (χ1n) is 6.47. The standard InChI is InChI=1S/C15H21NO2/c1-15(2,3)18-14(17)16-13-10-12(13)9-11-7-5-4-6-8-11/h4-8,12-13H,9-10H2,1-3H3,(H,16,17)/t12?,13-/m0/s1. The monoisotopic (exact) mass is 247 g/mol. The van der Waals surface area contributed by atoms with E-state index >= 15 is 0 Å². The minimum absolute atomic E-state index is 0.278. The third-order valence-electron chi connectivity index (χ3n) is 2.97. The molecule has 0 aliphatic heterocycles. The van der Waals surface area contributed by atoms with Crippen LogP contribution in [0.15, 0.2) is 30.3 Å². The van der Waals surface area contributed by atoms with Gasteiger partial charge in [0.15, 0.2) is 0 Å². The molecule has 1 fully saturated rings. The highest BCUT2D eigenvalue weighted by Crippen LogP contribution is 2.33. The molecule has 3 nitrogen and oxygen atoms in total. The Morgan fingerprint density at radius 3 is 2.61 bits per heavy atom. The third-order valence-corrected chi connectivity index (χ3v) is 2.97. The second-order valence-electron chi connectivity index (χ2n) is 5.94. The smallest absolute Gasteiger partial charge is 0.407 e. The number of alkyl carbamates (subject to hydrolysis) is 1. The van der Waals surface area contributed by atoms with Crippen molar-refractivity contribution in [2.75, 3.05) is 0 Å². The van der Waals surface area contributed by atoms with Gasteiger partial charge in [0.05, 0.1) is 0 Å². The van der Waals surface area contributed by atoms with Crippen molar-refractivity contribution >= 4 is 6.09 Å². The summed E-state index contributed by atoms with van der Waals surface area (Å²) >= 11 is 0. The fourth-order valence-electron chi connectivity index (χ4n) is 2.03. The van der Waals surface area contributed by atoms with E-state index in [0.717, 1.165) is 12.8 Å². The van der Waals surface area contributed by atoms with Gasteiger partial charge in [0.2, 0.25) is 0 Å². The minimum atomic E-state index is -0.423. The Kier molecular flexibility index (Phi) is 3.60. The van der Waals surface area contributed by atoms with Crippen molar-refractivity contribution in [3.8, 4) is 0 Å². The Morgan fingerprint density at radius 1 is 1.33 bits per heavy atom. The summed E-state index contributed by atoms with van der Waals surface area (Å²) < 4.78 is 5.24. The van der Waals surface area contributed by atoms with Crippen LogP contribution in [0.25, 0.3) is 0 Å². The van der Waals surface area contributed by atoms with E-state index in [4.69, 9.17) is 4.74 Å². The summed E-state index contributed by atoms with van der Waals surface area (Å²) in [6, 6.07) is 10.7. The van der Waals surface area contributed by atoms with E-state index in [-0.39, 0.29) is 12.1 Å². The van der Waals surface area contributed by atoms with Gasteiger partial charge in [-0.05, 0) is 45.1 Å². The number of rotatable bonds is 3. The summed E-state index contributed by atoms with van der Waals surface area (Å²) in [5.41, 5.74) is 0.907. The molecule has 1 aliphatic carbocycles. The lowest BCUT2D eigenvalue weighted by atomic mass is 10.1. The fourth-order valence-corrected chi connectivity index (χ4v) is 2.03. The zero-order valence-corrected chi connectivity index (χ0v) is 11.3. The number of hydrogen-bond donors (Lipinski definition) is 1. The molecule has 1 aromatic rings. The molecule has 0 saturated heterocycles. The van der Waals surface area contributed by atoms with Crippen LogP contribution in [0.5, 0.6) is 0 Å². The van der Waals surface area contributed by atoms with Crippen LogP contribution in [-0.2, 0) is 11.2 Å².